The van der Waals surface area contributed by atoms with E-state index < -0.39 is 10.0 Å². The quantitative estimate of drug-likeness (QED) is 0.822. The Morgan fingerprint density at radius 1 is 1.35 bits per heavy atom. The van der Waals surface area contributed by atoms with E-state index in [1.165, 1.54) is 39.0 Å². The topological polar surface area (TPSA) is 74.6 Å². The van der Waals surface area contributed by atoms with Gasteiger partial charge >= 0.3 is 0 Å². The van der Waals surface area contributed by atoms with Crippen molar-refractivity contribution in [2.75, 3.05) is 26.7 Å². The third kappa shape index (κ3) is 2.76. The van der Waals surface area contributed by atoms with E-state index in [2.05, 4.69) is 14.9 Å². The molecule has 3 saturated heterocycles. The fraction of sp³-hybridized carbons (Fsp3) is 0.692. The largest absolute Gasteiger partial charge is 0.447 e. The van der Waals surface area contributed by atoms with E-state index in [1.807, 2.05) is 0 Å². The van der Waals surface area contributed by atoms with E-state index in [4.69, 9.17) is 4.42 Å². The van der Waals surface area contributed by atoms with Crippen LogP contribution in [-0.4, -0.2) is 46.0 Å². The Bertz CT molecular complexity index is 561. The Morgan fingerprint density at radius 2 is 2.10 bits per heavy atom. The maximum atomic E-state index is 11.6. The van der Waals surface area contributed by atoms with Crippen LogP contribution in [0, 0.1) is 5.92 Å². The lowest BCUT2D eigenvalue weighted by molar-refractivity contribution is 0.0709. The number of sulfonamides is 1. The van der Waals surface area contributed by atoms with Crippen LogP contribution >= 0.6 is 0 Å². The minimum atomic E-state index is -3.48. The van der Waals surface area contributed by atoms with Crippen LogP contribution in [0.25, 0.3) is 0 Å². The SMILES string of the molecule is CNS(=O)(=O)c1ccc(CNC2CN3CCC2CC3)o1. The zero-order valence-electron chi connectivity index (χ0n) is 11.6. The minimum Gasteiger partial charge on any atom is -0.447 e. The van der Waals surface area contributed by atoms with E-state index in [0.29, 0.717) is 18.3 Å². The first kappa shape index (κ1) is 14.1. The molecule has 3 aliphatic heterocycles. The molecule has 2 N–H and O–H groups in total. The normalized spacial score (nSPS) is 29.8. The molecule has 2 bridgehead atoms. The van der Waals surface area contributed by atoms with Gasteiger partial charge in [0.1, 0.15) is 5.76 Å². The monoisotopic (exact) mass is 299 g/mol. The molecule has 7 heteroatoms. The molecule has 0 spiro atoms. The Morgan fingerprint density at radius 3 is 2.70 bits per heavy atom. The van der Waals surface area contributed by atoms with Crippen molar-refractivity contribution in [3.05, 3.63) is 17.9 Å². The van der Waals surface area contributed by atoms with Gasteiger partial charge in [0.05, 0.1) is 6.54 Å². The highest BCUT2D eigenvalue weighted by molar-refractivity contribution is 7.89. The van der Waals surface area contributed by atoms with E-state index in [0.717, 1.165) is 12.5 Å². The van der Waals surface area contributed by atoms with Crippen LogP contribution in [0.5, 0.6) is 0 Å². The highest BCUT2D eigenvalue weighted by Gasteiger charge is 2.33. The van der Waals surface area contributed by atoms with Crippen molar-refractivity contribution < 1.29 is 12.8 Å². The van der Waals surface area contributed by atoms with E-state index in [-0.39, 0.29) is 5.09 Å². The lowest BCUT2D eigenvalue weighted by Crippen LogP contribution is -2.55. The molecule has 0 radical (unpaired) electrons. The summed E-state index contributed by atoms with van der Waals surface area (Å²) < 4.78 is 30.8. The summed E-state index contributed by atoms with van der Waals surface area (Å²) in [5.74, 6) is 1.41. The number of fused-ring (bicyclic) bond motifs is 3. The summed E-state index contributed by atoms with van der Waals surface area (Å²) in [6.07, 6.45) is 2.52. The molecule has 112 valence electrons. The van der Waals surface area contributed by atoms with Gasteiger partial charge in [-0.2, -0.15) is 0 Å². The average Bonchev–Trinajstić information content (AvgIpc) is 2.96. The number of nitrogens with zero attached hydrogens (tertiary/aromatic N) is 1. The fourth-order valence-electron chi connectivity index (χ4n) is 3.13. The predicted molar refractivity (Wildman–Crippen MR) is 74.7 cm³/mol. The van der Waals surface area contributed by atoms with Gasteiger partial charge < -0.3 is 14.6 Å². The first-order valence-corrected chi connectivity index (χ1v) is 8.55. The molecule has 0 aromatic carbocycles. The molecule has 1 aromatic rings. The zero-order valence-corrected chi connectivity index (χ0v) is 12.4. The van der Waals surface area contributed by atoms with Crippen molar-refractivity contribution in [1.82, 2.24) is 14.9 Å². The van der Waals surface area contributed by atoms with Crippen LogP contribution in [0.15, 0.2) is 21.6 Å². The molecule has 3 aliphatic rings. The molecular weight excluding hydrogens is 278 g/mol. The lowest BCUT2D eigenvalue weighted by atomic mass is 9.84. The summed E-state index contributed by atoms with van der Waals surface area (Å²) in [6, 6.07) is 3.71. The Balaban J connectivity index is 1.59. The Hall–Kier alpha value is -0.890. The minimum absolute atomic E-state index is 0.0225. The van der Waals surface area contributed by atoms with Gasteiger partial charge in [-0.25, -0.2) is 13.1 Å². The average molecular weight is 299 g/mol. The molecule has 1 aromatic heterocycles. The van der Waals surface area contributed by atoms with E-state index in [9.17, 15) is 8.42 Å². The summed E-state index contributed by atoms with van der Waals surface area (Å²) in [4.78, 5) is 2.48. The standard InChI is InChI=1S/C13H21N3O3S/c1-14-20(17,18)13-3-2-11(19-13)8-15-12-9-16-6-4-10(12)5-7-16/h2-3,10,12,14-15H,4-9H2,1H3. The molecule has 6 nitrogen and oxygen atoms in total. The van der Waals surface area contributed by atoms with Gasteiger partial charge in [-0.3, -0.25) is 0 Å². The summed E-state index contributed by atoms with van der Waals surface area (Å²) in [6.45, 7) is 4.10. The zero-order chi connectivity index (χ0) is 14.2. The molecule has 4 rings (SSSR count). The van der Waals surface area contributed by atoms with Gasteiger partial charge in [-0.05, 0) is 51.0 Å². The van der Waals surface area contributed by atoms with Crippen molar-refractivity contribution >= 4 is 10.0 Å². The van der Waals surface area contributed by atoms with Gasteiger partial charge in [-0.1, -0.05) is 0 Å². The molecule has 1 atom stereocenters. The Kier molecular flexibility index (Phi) is 3.85. The smallest absolute Gasteiger partial charge is 0.273 e. The molecule has 0 amide bonds. The fourth-order valence-corrected chi connectivity index (χ4v) is 3.79. The van der Waals surface area contributed by atoms with Gasteiger partial charge in [-0.15, -0.1) is 0 Å². The highest BCUT2D eigenvalue weighted by atomic mass is 32.2. The van der Waals surface area contributed by atoms with Crippen LogP contribution in [0.2, 0.25) is 0 Å². The maximum absolute atomic E-state index is 11.6. The van der Waals surface area contributed by atoms with E-state index in [1.54, 1.807) is 6.07 Å². The number of hydrogen-bond acceptors (Lipinski definition) is 5. The van der Waals surface area contributed by atoms with Crippen LogP contribution in [0.3, 0.4) is 0 Å². The second-order valence-electron chi connectivity index (χ2n) is 5.55. The van der Waals surface area contributed by atoms with Crippen LogP contribution < -0.4 is 10.0 Å². The molecule has 0 aliphatic carbocycles. The summed E-state index contributed by atoms with van der Waals surface area (Å²) in [5.41, 5.74) is 0. The van der Waals surface area contributed by atoms with Crippen molar-refractivity contribution in [3.63, 3.8) is 0 Å². The predicted octanol–water partition coefficient (Wildman–Crippen LogP) is 0.372. The first-order chi connectivity index (χ1) is 9.58. The maximum Gasteiger partial charge on any atom is 0.273 e. The van der Waals surface area contributed by atoms with Gasteiger partial charge in [0.25, 0.3) is 10.0 Å². The van der Waals surface area contributed by atoms with Crippen LogP contribution in [0.1, 0.15) is 18.6 Å². The molecule has 1 unspecified atom stereocenters. The number of hydrogen-bond donors (Lipinski definition) is 2. The summed E-state index contributed by atoms with van der Waals surface area (Å²) in [5, 5.41) is 3.48. The lowest BCUT2D eigenvalue weighted by Gasteiger charge is -2.45. The Labute approximate surface area is 119 Å². The summed E-state index contributed by atoms with van der Waals surface area (Å²) >= 11 is 0. The molecular formula is C13H21N3O3S. The first-order valence-electron chi connectivity index (χ1n) is 7.06. The van der Waals surface area contributed by atoms with E-state index >= 15 is 0 Å². The third-order valence-electron chi connectivity index (χ3n) is 4.37. The number of piperidine rings is 3. The number of rotatable bonds is 5. The second kappa shape index (κ2) is 5.48. The highest BCUT2D eigenvalue weighted by Crippen LogP contribution is 2.27. The van der Waals surface area contributed by atoms with Crippen molar-refractivity contribution in [2.24, 2.45) is 5.92 Å². The number of nitrogens with one attached hydrogen (secondary N) is 2. The van der Waals surface area contributed by atoms with Crippen LogP contribution in [0.4, 0.5) is 0 Å². The summed E-state index contributed by atoms with van der Waals surface area (Å²) in [7, 11) is -2.10. The molecule has 20 heavy (non-hydrogen) atoms. The molecule has 0 saturated carbocycles. The van der Waals surface area contributed by atoms with Gasteiger partial charge in [0, 0.05) is 12.6 Å². The van der Waals surface area contributed by atoms with Gasteiger partial charge in [0.15, 0.2) is 0 Å². The van der Waals surface area contributed by atoms with Gasteiger partial charge in [0.2, 0.25) is 5.09 Å². The van der Waals surface area contributed by atoms with Crippen molar-refractivity contribution in [2.45, 2.75) is 30.5 Å². The van der Waals surface area contributed by atoms with Crippen molar-refractivity contribution in [3.8, 4) is 0 Å². The van der Waals surface area contributed by atoms with Crippen molar-refractivity contribution in [1.29, 1.82) is 0 Å². The number of furan rings is 1. The molecule has 4 heterocycles. The van der Waals surface area contributed by atoms with Crippen LogP contribution in [-0.2, 0) is 16.6 Å². The third-order valence-corrected chi connectivity index (χ3v) is 5.65. The molecule has 3 fully saturated rings. The second-order valence-corrected chi connectivity index (χ2v) is 7.37.